The molecule has 2 heterocycles. The van der Waals surface area contributed by atoms with Gasteiger partial charge in [0.25, 0.3) is 5.91 Å². The second-order valence-corrected chi connectivity index (χ2v) is 8.92. The van der Waals surface area contributed by atoms with Crippen molar-refractivity contribution in [1.29, 1.82) is 0 Å². The molecular weight excluding hydrogens is 409 g/mol. The first-order chi connectivity index (χ1) is 15.4. The zero-order chi connectivity index (χ0) is 22.7. The van der Waals surface area contributed by atoms with E-state index in [1.807, 2.05) is 11.8 Å². The molecule has 2 amide bonds. The summed E-state index contributed by atoms with van der Waals surface area (Å²) in [6.07, 6.45) is 8.52. The van der Waals surface area contributed by atoms with Crippen LogP contribution < -0.4 is 5.32 Å². The summed E-state index contributed by atoms with van der Waals surface area (Å²) < 4.78 is 14.4. The van der Waals surface area contributed by atoms with Gasteiger partial charge in [-0.25, -0.2) is 14.4 Å². The fourth-order valence-corrected chi connectivity index (χ4v) is 4.79. The molecule has 1 aromatic heterocycles. The summed E-state index contributed by atoms with van der Waals surface area (Å²) in [5, 5.41) is 2.78. The average Bonchev–Trinajstić information content (AvgIpc) is 3.32. The molecule has 1 N–H and O–H groups in total. The molecule has 2 fully saturated rings. The highest BCUT2D eigenvalue weighted by Crippen LogP contribution is 2.29. The highest BCUT2D eigenvalue weighted by molar-refractivity contribution is 6.04. The number of halogens is 1. The molecule has 32 heavy (non-hydrogen) atoms. The second-order valence-electron chi connectivity index (χ2n) is 8.92. The number of piperazine rings is 1. The van der Waals surface area contributed by atoms with Crippen molar-refractivity contribution in [2.45, 2.75) is 52.1 Å². The van der Waals surface area contributed by atoms with Gasteiger partial charge in [-0.3, -0.25) is 14.5 Å². The Balaban J connectivity index is 1.42. The number of aromatic nitrogens is 2. The normalized spacial score (nSPS) is 19.8. The van der Waals surface area contributed by atoms with Crippen molar-refractivity contribution in [1.82, 2.24) is 19.8 Å². The third kappa shape index (κ3) is 4.96. The van der Waals surface area contributed by atoms with E-state index in [9.17, 15) is 14.0 Å². The molecule has 0 bridgehead atoms. The lowest BCUT2D eigenvalue weighted by molar-refractivity contribution is -0.140. The van der Waals surface area contributed by atoms with E-state index in [2.05, 4.69) is 27.1 Å². The summed E-state index contributed by atoms with van der Waals surface area (Å²) in [6.45, 7) is 6.73. The molecule has 1 aliphatic carbocycles. The highest BCUT2D eigenvalue weighted by Gasteiger charge is 2.33. The molecule has 2 aromatic rings. The maximum atomic E-state index is 14.4. The predicted octanol–water partition coefficient (Wildman–Crippen LogP) is 3.40. The van der Waals surface area contributed by atoms with Gasteiger partial charge in [0, 0.05) is 56.2 Å². The van der Waals surface area contributed by atoms with Gasteiger partial charge < -0.3 is 10.2 Å². The molecule has 1 aromatic carbocycles. The van der Waals surface area contributed by atoms with Crippen LogP contribution in [0.25, 0.3) is 0 Å². The van der Waals surface area contributed by atoms with Crippen molar-refractivity contribution in [3.8, 4) is 0 Å². The van der Waals surface area contributed by atoms with Crippen LogP contribution >= 0.6 is 0 Å². The molecule has 2 aliphatic rings. The summed E-state index contributed by atoms with van der Waals surface area (Å²) in [5.41, 5.74) is 2.41. The van der Waals surface area contributed by atoms with Crippen molar-refractivity contribution >= 4 is 17.5 Å². The minimum Gasteiger partial charge on any atom is -0.337 e. The lowest BCUT2D eigenvalue weighted by Gasteiger charge is -2.41. The fourth-order valence-electron chi connectivity index (χ4n) is 4.79. The van der Waals surface area contributed by atoms with E-state index in [0.29, 0.717) is 30.2 Å². The number of hydrogen-bond acceptors (Lipinski definition) is 5. The van der Waals surface area contributed by atoms with Gasteiger partial charge in [0.15, 0.2) is 0 Å². The first-order valence-corrected chi connectivity index (χ1v) is 11.3. The van der Waals surface area contributed by atoms with Crippen molar-refractivity contribution in [2.24, 2.45) is 5.92 Å². The van der Waals surface area contributed by atoms with Gasteiger partial charge in [-0.2, -0.15) is 0 Å². The number of hydrogen-bond donors (Lipinski definition) is 1. The number of benzene rings is 1. The number of anilines is 1. The number of nitrogens with zero attached hydrogens (tertiary/aromatic N) is 4. The molecular formula is C24H30FN5O2. The van der Waals surface area contributed by atoms with Gasteiger partial charge in [0.2, 0.25) is 5.91 Å². The molecule has 7 nitrogen and oxygen atoms in total. The van der Waals surface area contributed by atoms with Crippen LogP contribution in [0.4, 0.5) is 10.1 Å². The van der Waals surface area contributed by atoms with Crippen LogP contribution in [-0.4, -0.2) is 57.3 Å². The predicted molar refractivity (Wildman–Crippen MR) is 120 cm³/mol. The summed E-state index contributed by atoms with van der Waals surface area (Å²) in [5.74, 6) is -0.284. The Morgan fingerprint density at radius 3 is 2.56 bits per heavy atom. The Kier molecular flexibility index (Phi) is 6.79. The van der Waals surface area contributed by atoms with Gasteiger partial charge in [0.05, 0.1) is 5.56 Å². The largest absolute Gasteiger partial charge is 0.337 e. The highest BCUT2D eigenvalue weighted by atomic mass is 19.1. The summed E-state index contributed by atoms with van der Waals surface area (Å²) in [6, 6.07) is 2.99. The van der Waals surface area contributed by atoms with Gasteiger partial charge in [-0.1, -0.05) is 12.8 Å². The number of rotatable bonds is 5. The van der Waals surface area contributed by atoms with Crippen LogP contribution in [0.1, 0.15) is 54.1 Å². The lowest BCUT2D eigenvalue weighted by Crippen LogP contribution is -2.54. The standard InChI is InChI=1S/C24H30FN5O2/c1-16-13-29(7-8-30(16)24(32)18-5-3-4-6-18)14-19-9-21(25)10-22(17(19)2)28-23(31)20-11-26-15-27-12-20/h9-12,15-16,18H,3-8,13-14H2,1-2H3,(H,28,31)/t16-/m0/s1. The van der Waals surface area contributed by atoms with Gasteiger partial charge >= 0.3 is 0 Å². The van der Waals surface area contributed by atoms with E-state index in [1.54, 1.807) is 0 Å². The zero-order valence-electron chi connectivity index (χ0n) is 18.7. The SMILES string of the molecule is Cc1c(CN2CCN(C(=O)C3CCCC3)[C@@H](C)C2)cc(F)cc1NC(=O)c1cncnc1. The van der Waals surface area contributed by atoms with Crippen molar-refractivity contribution in [3.05, 3.63) is 53.4 Å². The molecule has 0 unspecified atom stereocenters. The maximum Gasteiger partial charge on any atom is 0.258 e. The smallest absolute Gasteiger partial charge is 0.258 e. The van der Waals surface area contributed by atoms with Crippen molar-refractivity contribution in [2.75, 3.05) is 25.0 Å². The Hall–Kier alpha value is -2.87. The summed E-state index contributed by atoms with van der Waals surface area (Å²) in [4.78, 5) is 37.3. The number of amides is 2. The number of carbonyl (C=O) groups is 2. The Labute approximate surface area is 188 Å². The first kappa shape index (κ1) is 22.3. The maximum absolute atomic E-state index is 14.4. The monoisotopic (exact) mass is 439 g/mol. The lowest BCUT2D eigenvalue weighted by atomic mass is 10.0. The Bertz CT molecular complexity index is 978. The van der Waals surface area contributed by atoms with E-state index in [0.717, 1.165) is 49.9 Å². The summed E-state index contributed by atoms with van der Waals surface area (Å²) in [7, 11) is 0. The van der Waals surface area contributed by atoms with E-state index < -0.39 is 5.82 Å². The van der Waals surface area contributed by atoms with Crippen LogP contribution in [0.2, 0.25) is 0 Å². The Morgan fingerprint density at radius 1 is 1.16 bits per heavy atom. The molecule has 1 saturated heterocycles. The third-order valence-electron chi connectivity index (χ3n) is 6.64. The number of carbonyl (C=O) groups excluding carboxylic acids is 2. The fraction of sp³-hybridized carbons (Fsp3) is 0.500. The van der Waals surface area contributed by atoms with E-state index in [4.69, 9.17) is 0 Å². The van der Waals surface area contributed by atoms with Crippen molar-refractivity contribution < 1.29 is 14.0 Å². The molecule has 1 saturated carbocycles. The van der Waals surface area contributed by atoms with Crippen molar-refractivity contribution in [3.63, 3.8) is 0 Å². The van der Waals surface area contributed by atoms with Crippen LogP contribution in [0.15, 0.2) is 30.9 Å². The molecule has 4 rings (SSSR count). The molecule has 1 aliphatic heterocycles. The minimum absolute atomic E-state index is 0.128. The molecule has 8 heteroatoms. The van der Waals surface area contributed by atoms with E-state index in [1.165, 1.54) is 30.9 Å². The van der Waals surface area contributed by atoms with E-state index >= 15 is 0 Å². The first-order valence-electron chi connectivity index (χ1n) is 11.3. The van der Waals surface area contributed by atoms with Gasteiger partial charge in [-0.15, -0.1) is 0 Å². The topological polar surface area (TPSA) is 78.4 Å². The molecule has 0 radical (unpaired) electrons. The molecule has 1 atom stereocenters. The Morgan fingerprint density at radius 2 is 1.88 bits per heavy atom. The molecule has 170 valence electrons. The van der Waals surface area contributed by atoms with Crippen LogP contribution in [-0.2, 0) is 11.3 Å². The van der Waals surface area contributed by atoms with Crippen LogP contribution in [0.3, 0.4) is 0 Å². The van der Waals surface area contributed by atoms with E-state index in [-0.39, 0.29) is 17.9 Å². The van der Waals surface area contributed by atoms with Gasteiger partial charge in [-0.05, 0) is 49.9 Å². The summed E-state index contributed by atoms with van der Waals surface area (Å²) >= 11 is 0. The number of nitrogens with one attached hydrogen (secondary N) is 1. The minimum atomic E-state index is -0.395. The van der Waals surface area contributed by atoms with Gasteiger partial charge in [0.1, 0.15) is 12.1 Å². The third-order valence-corrected chi connectivity index (χ3v) is 6.64. The van der Waals surface area contributed by atoms with Crippen LogP contribution in [0.5, 0.6) is 0 Å². The molecule has 0 spiro atoms. The van der Waals surface area contributed by atoms with Crippen LogP contribution in [0, 0.1) is 18.7 Å². The quantitative estimate of drug-likeness (QED) is 0.773. The zero-order valence-corrected chi connectivity index (χ0v) is 18.7. The second kappa shape index (κ2) is 9.73. The average molecular weight is 440 g/mol.